The monoisotopic (exact) mass is 611 g/mol. The highest BCUT2D eigenvalue weighted by atomic mass is 35.5. The quantitative estimate of drug-likeness (QED) is 0.0560. The minimum Gasteiger partial charge on any atom is -0.434 e. The highest BCUT2D eigenvalue weighted by molar-refractivity contribution is 6.31. The van der Waals surface area contributed by atoms with Crippen molar-refractivity contribution in [2.75, 3.05) is 13.2 Å². The van der Waals surface area contributed by atoms with Gasteiger partial charge in [0.25, 0.3) is 5.09 Å². The Morgan fingerprint density at radius 1 is 1.12 bits per heavy atom. The third-order valence-corrected chi connectivity index (χ3v) is 6.68. The maximum atomic E-state index is 11.9. The van der Waals surface area contributed by atoms with Gasteiger partial charge in [-0.05, 0) is 35.2 Å². The lowest BCUT2D eigenvalue weighted by Crippen LogP contribution is -2.18. The number of aryl methyl sites for hydroxylation is 1. The molecule has 1 atom stereocenters. The minimum atomic E-state index is -0.983. The van der Waals surface area contributed by atoms with Crippen LogP contribution in [-0.2, 0) is 27.3 Å². The highest BCUT2D eigenvalue weighted by Crippen LogP contribution is 2.30. The largest absolute Gasteiger partial charge is 0.510 e. The second-order valence-electron chi connectivity index (χ2n) is 9.41. The first-order valence-electron chi connectivity index (χ1n) is 13.6. The van der Waals surface area contributed by atoms with Gasteiger partial charge in [0.15, 0.2) is 11.4 Å². The van der Waals surface area contributed by atoms with Crippen LogP contribution < -0.4 is 0 Å². The van der Waals surface area contributed by atoms with Gasteiger partial charge in [0.05, 0.1) is 13.2 Å². The zero-order valence-electron chi connectivity index (χ0n) is 23.6. The van der Waals surface area contributed by atoms with E-state index < -0.39 is 17.5 Å². The van der Waals surface area contributed by atoms with Crippen molar-refractivity contribution in [3.8, 4) is 22.5 Å². The summed E-state index contributed by atoms with van der Waals surface area (Å²) in [7, 11) is 0. The number of hydrogen-bond donors (Lipinski definition) is 0. The van der Waals surface area contributed by atoms with Crippen LogP contribution in [0.5, 0.6) is 0 Å². The van der Waals surface area contributed by atoms with Crippen molar-refractivity contribution in [2.24, 2.45) is 0 Å². The molecule has 0 saturated heterocycles. The first-order chi connectivity index (χ1) is 20.8. The molecule has 0 saturated carbocycles. The van der Waals surface area contributed by atoms with E-state index in [2.05, 4.69) is 32.2 Å². The normalized spacial score (nSPS) is 11.6. The van der Waals surface area contributed by atoms with Crippen LogP contribution in [0.3, 0.4) is 0 Å². The van der Waals surface area contributed by atoms with E-state index >= 15 is 0 Å². The molecular weight excluding hydrogens is 582 g/mol. The molecule has 0 bridgehead atoms. The summed E-state index contributed by atoms with van der Waals surface area (Å²) in [5, 5.41) is 22.0. The summed E-state index contributed by atoms with van der Waals surface area (Å²) in [6.45, 7) is 3.78. The fraction of sp³-hybridized carbons (Fsp3) is 0.357. The van der Waals surface area contributed by atoms with Gasteiger partial charge in [-0.15, -0.1) is 25.1 Å². The fourth-order valence-electron chi connectivity index (χ4n) is 4.26. The molecule has 4 rings (SSSR count). The summed E-state index contributed by atoms with van der Waals surface area (Å²) < 4.78 is 11.9. The smallest absolute Gasteiger partial charge is 0.434 e. The van der Waals surface area contributed by atoms with Crippen LogP contribution in [0.1, 0.15) is 61.2 Å². The molecule has 0 radical (unpaired) electrons. The molecule has 43 heavy (non-hydrogen) atoms. The number of aromatic nitrogens is 6. The third kappa shape index (κ3) is 8.13. The maximum absolute atomic E-state index is 11.9. The van der Waals surface area contributed by atoms with Crippen LogP contribution in [0.4, 0.5) is 4.79 Å². The number of hydrogen-bond acceptors (Lipinski definition) is 11. The van der Waals surface area contributed by atoms with Gasteiger partial charge in [-0.2, -0.15) is 0 Å². The molecular formula is C28H30ClN7O7. The molecule has 226 valence electrons. The lowest BCUT2D eigenvalue weighted by Gasteiger charge is -2.12. The Morgan fingerprint density at radius 2 is 1.86 bits per heavy atom. The van der Waals surface area contributed by atoms with Crippen LogP contribution in [0.25, 0.3) is 22.5 Å². The molecule has 0 N–H and O–H groups in total. The summed E-state index contributed by atoms with van der Waals surface area (Å²) in [5.41, 5.74) is 3.83. The van der Waals surface area contributed by atoms with Gasteiger partial charge in [0.2, 0.25) is 12.1 Å². The molecule has 4 aromatic rings. The van der Waals surface area contributed by atoms with Gasteiger partial charge < -0.3 is 18.9 Å². The van der Waals surface area contributed by atoms with Gasteiger partial charge in [-0.25, -0.2) is 9.78 Å². The Kier molecular flexibility index (Phi) is 10.7. The van der Waals surface area contributed by atoms with E-state index in [0.717, 1.165) is 52.9 Å². The summed E-state index contributed by atoms with van der Waals surface area (Å²) in [5.74, 6) is 1.11. The van der Waals surface area contributed by atoms with Crippen molar-refractivity contribution in [1.82, 2.24) is 29.8 Å². The zero-order chi connectivity index (χ0) is 30.8. The number of imidazole rings is 1. The van der Waals surface area contributed by atoms with Gasteiger partial charge in [0, 0.05) is 24.9 Å². The van der Waals surface area contributed by atoms with E-state index in [1.807, 2.05) is 53.1 Å². The second-order valence-corrected chi connectivity index (χ2v) is 9.77. The standard InChI is InChI=1S/C28H30ClN7O7/c1-3-4-10-25-30-26(29)24(18-37)34(25)17-20-11-13-21(14-12-20)22-8-5-6-9-23(22)27-31-33-35(32-27)19(2)43-28(38)41-15-7-16-42-36(39)40/h5-6,8-9,11-14,18-19H,3-4,7,10,15-17H2,1-2H3. The fourth-order valence-corrected chi connectivity index (χ4v) is 4.50. The van der Waals surface area contributed by atoms with Crippen molar-refractivity contribution in [1.29, 1.82) is 0 Å². The van der Waals surface area contributed by atoms with E-state index in [1.165, 1.54) is 0 Å². The van der Waals surface area contributed by atoms with Crippen LogP contribution in [0.15, 0.2) is 48.5 Å². The van der Waals surface area contributed by atoms with E-state index in [4.69, 9.17) is 21.1 Å². The summed E-state index contributed by atoms with van der Waals surface area (Å²) >= 11 is 6.23. The van der Waals surface area contributed by atoms with E-state index in [1.54, 1.807) is 6.92 Å². The van der Waals surface area contributed by atoms with Crippen molar-refractivity contribution < 1.29 is 29.0 Å². The SMILES string of the molecule is CCCCc1nc(Cl)c(C=O)n1Cc1ccc(-c2ccccc2-c2nnn(C(C)OC(=O)OCCCO[N+](=O)[O-])n2)cc1. The number of rotatable bonds is 15. The van der Waals surface area contributed by atoms with Gasteiger partial charge in [0.1, 0.15) is 11.5 Å². The lowest BCUT2D eigenvalue weighted by atomic mass is 9.98. The molecule has 2 aromatic heterocycles. The Hall–Kier alpha value is -4.85. The Morgan fingerprint density at radius 3 is 2.56 bits per heavy atom. The maximum Gasteiger partial charge on any atom is 0.510 e. The van der Waals surface area contributed by atoms with E-state index in [-0.39, 0.29) is 24.8 Å². The summed E-state index contributed by atoms with van der Waals surface area (Å²) in [6.07, 6.45) is 1.64. The van der Waals surface area contributed by atoms with E-state index in [9.17, 15) is 19.7 Å². The molecule has 15 heteroatoms. The topological polar surface area (TPSA) is 166 Å². The van der Waals surface area contributed by atoms with Gasteiger partial charge in [-0.3, -0.25) is 4.79 Å². The number of carbonyl (C=O) groups excluding carboxylic acids is 2. The Bertz CT molecular complexity index is 1560. The predicted molar refractivity (Wildman–Crippen MR) is 154 cm³/mol. The van der Waals surface area contributed by atoms with Crippen LogP contribution in [0, 0.1) is 10.1 Å². The van der Waals surface area contributed by atoms with Crippen molar-refractivity contribution in [3.63, 3.8) is 0 Å². The Balaban J connectivity index is 1.44. The molecule has 2 heterocycles. The van der Waals surface area contributed by atoms with Crippen molar-refractivity contribution in [3.05, 3.63) is 80.9 Å². The molecule has 0 aliphatic rings. The molecule has 14 nitrogen and oxygen atoms in total. The number of aldehydes is 1. The van der Waals surface area contributed by atoms with Crippen LogP contribution in [-0.4, -0.2) is 60.5 Å². The number of unbranched alkanes of at least 4 members (excludes halogenated alkanes) is 1. The first-order valence-corrected chi connectivity index (χ1v) is 14.0. The average molecular weight is 612 g/mol. The second kappa shape index (κ2) is 14.9. The molecule has 2 aromatic carbocycles. The zero-order valence-corrected chi connectivity index (χ0v) is 24.3. The first kappa shape index (κ1) is 31.1. The number of carbonyl (C=O) groups is 2. The number of nitrogens with zero attached hydrogens (tertiary/aromatic N) is 7. The number of ether oxygens (including phenoxy) is 2. The van der Waals surface area contributed by atoms with E-state index in [0.29, 0.717) is 23.6 Å². The molecule has 0 aliphatic carbocycles. The molecule has 1 unspecified atom stereocenters. The van der Waals surface area contributed by atoms with Gasteiger partial charge >= 0.3 is 6.16 Å². The predicted octanol–water partition coefficient (Wildman–Crippen LogP) is 5.33. The van der Waals surface area contributed by atoms with Crippen LogP contribution >= 0.6 is 11.6 Å². The van der Waals surface area contributed by atoms with Crippen molar-refractivity contribution >= 4 is 24.0 Å². The van der Waals surface area contributed by atoms with Gasteiger partial charge in [-0.1, -0.05) is 73.5 Å². The lowest BCUT2D eigenvalue weighted by molar-refractivity contribution is -0.757. The molecule has 0 spiro atoms. The summed E-state index contributed by atoms with van der Waals surface area (Å²) in [6, 6.07) is 15.5. The number of halogens is 1. The molecule has 0 aliphatic heterocycles. The third-order valence-electron chi connectivity index (χ3n) is 6.41. The Labute approximate surface area is 251 Å². The molecule has 0 amide bonds. The summed E-state index contributed by atoms with van der Waals surface area (Å²) in [4.78, 5) is 43.5. The number of benzene rings is 2. The minimum absolute atomic E-state index is 0.115. The molecule has 0 fully saturated rings. The van der Waals surface area contributed by atoms with Crippen molar-refractivity contribution in [2.45, 2.75) is 52.3 Å². The number of tetrazole rings is 1. The average Bonchev–Trinajstić information content (AvgIpc) is 3.60. The highest BCUT2D eigenvalue weighted by Gasteiger charge is 2.19. The van der Waals surface area contributed by atoms with Crippen LogP contribution in [0.2, 0.25) is 5.15 Å².